The highest BCUT2D eigenvalue weighted by atomic mass is 15.0. The van der Waals surface area contributed by atoms with Crippen molar-refractivity contribution in [2.75, 3.05) is 11.1 Å². The summed E-state index contributed by atoms with van der Waals surface area (Å²) < 4.78 is 0. The minimum Gasteiger partial charge on any atom is -0.397 e. The van der Waals surface area contributed by atoms with Crippen LogP contribution in [0.1, 0.15) is 25.7 Å². The lowest BCUT2D eigenvalue weighted by Crippen LogP contribution is -2.15. The van der Waals surface area contributed by atoms with Crippen LogP contribution in [0, 0.1) is 0 Å². The second kappa shape index (κ2) is 3.64. The number of nitrogens with one attached hydrogen (secondary N) is 1. The molecule has 3 nitrogen and oxygen atoms in total. The molecule has 0 saturated heterocycles. The van der Waals surface area contributed by atoms with Crippen molar-refractivity contribution in [1.29, 1.82) is 0 Å². The summed E-state index contributed by atoms with van der Waals surface area (Å²) in [5.74, 6) is 0.945. The van der Waals surface area contributed by atoms with Gasteiger partial charge in [-0.3, -0.25) is 0 Å². The lowest BCUT2D eigenvalue weighted by Gasteiger charge is -2.11. The third-order valence-electron chi connectivity index (χ3n) is 2.49. The van der Waals surface area contributed by atoms with Gasteiger partial charge in [0.1, 0.15) is 5.82 Å². The van der Waals surface area contributed by atoms with E-state index in [1.807, 2.05) is 12.1 Å². The molecule has 3 heteroatoms. The first-order valence-electron chi connectivity index (χ1n) is 4.83. The van der Waals surface area contributed by atoms with Crippen LogP contribution in [0.15, 0.2) is 18.3 Å². The molecule has 0 radical (unpaired) electrons. The number of hydrogen-bond donors (Lipinski definition) is 2. The molecule has 1 aliphatic rings. The fraction of sp³-hybridized carbons (Fsp3) is 0.500. The lowest BCUT2D eigenvalue weighted by atomic mass is 10.2. The average Bonchev–Trinajstić information content (AvgIpc) is 2.62. The van der Waals surface area contributed by atoms with Crippen LogP contribution in [0.4, 0.5) is 11.5 Å². The molecule has 0 aromatic carbocycles. The minimum atomic E-state index is 0.621. The largest absolute Gasteiger partial charge is 0.397 e. The van der Waals surface area contributed by atoms with Gasteiger partial charge in [0.25, 0.3) is 0 Å². The summed E-state index contributed by atoms with van der Waals surface area (Å²) >= 11 is 0. The van der Waals surface area contributed by atoms with E-state index in [-0.39, 0.29) is 0 Å². The number of nitrogens with zero attached hydrogens (tertiary/aromatic N) is 1. The van der Waals surface area contributed by atoms with Gasteiger partial charge in [0.15, 0.2) is 0 Å². The van der Waals surface area contributed by atoms with Gasteiger partial charge in [-0.2, -0.15) is 0 Å². The van der Waals surface area contributed by atoms with Gasteiger partial charge in [-0.1, -0.05) is 12.8 Å². The van der Waals surface area contributed by atoms with Crippen LogP contribution in [-0.2, 0) is 0 Å². The first-order valence-corrected chi connectivity index (χ1v) is 4.83. The van der Waals surface area contributed by atoms with E-state index in [1.165, 1.54) is 25.7 Å². The fourth-order valence-electron chi connectivity index (χ4n) is 1.77. The van der Waals surface area contributed by atoms with Crippen molar-refractivity contribution in [3.05, 3.63) is 18.3 Å². The van der Waals surface area contributed by atoms with E-state index < -0.39 is 0 Å². The van der Waals surface area contributed by atoms with Gasteiger partial charge in [0.05, 0.1) is 11.9 Å². The maximum absolute atomic E-state index is 5.54. The SMILES string of the molecule is Nc1ccc(NC2CCCC2)nc1. The lowest BCUT2D eigenvalue weighted by molar-refractivity contribution is 0.750. The highest BCUT2D eigenvalue weighted by Crippen LogP contribution is 2.21. The highest BCUT2D eigenvalue weighted by molar-refractivity contribution is 5.44. The first-order chi connectivity index (χ1) is 6.34. The summed E-state index contributed by atoms with van der Waals surface area (Å²) in [6, 6.07) is 4.44. The molecule has 1 fully saturated rings. The van der Waals surface area contributed by atoms with Gasteiger partial charge in [0.2, 0.25) is 0 Å². The van der Waals surface area contributed by atoms with Gasteiger partial charge in [-0.25, -0.2) is 4.98 Å². The Bertz CT molecular complexity index is 262. The van der Waals surface area contributed by atoms with Crippen LogP contribution in [-0.4, -0.2) is 11.0 Å². The second-order valence-corrected chi connectivity index (χ2v) is 3.60. The third kappa shape index (κ3) is 2.11. The van der Waals surface area contributed by atoms with E-state index in [1.54, 1.807) is 6.20 Å². The van der Waals surface area contributed by atoms with Gasteiger partial charge in [0, 0.05) is 6.04 Å². The molecule has 1 saturated carbocycles. The standard InChI is InChI=1S/C10H15N3/c11-8-5-6-10(12-7-8)13-9-3-1-2-4-9/h5-7,9H,1-4,11H2,(H,12,13). The average molecular weight is 177 g/mol. The van der Waals surface area contributed by atoms with Gasteiger partial charge in [-0.05, 0) is 25.0 Å². The van der Waals surface area contributed by atoms with Crippen molar-refractivity contribution in [1.82, 2.24) is 4.98 Å². The molecule has 0 bridgehead atoms. The van der Waals surface area contributed by atoms with Crippen molar-refractivity contribution in [3.8, 4) is 0 Å². The molecule has 0 aliphatic heterocycles. The number of aromatic nitrogens is 1. The summed E-state index contributed by atoms with van der Waals surface area (Å²) in [6.07, 6.45) is 6.91. The molecule has 1 aromatic rings. The van der Waals surface area contributed by atoms with E-state index in [0.717, 1.165) is 11.5 Å². The van der Waals surface area contributed by atoms with Crippen molar-refractivity contribution in [3.63, 3.8) is 0 Å². The molecule has 0 spiro atoms. The first kappa shape index (κ1) is 8.35. The molecular formula is C10H15N3. The Kier molecular flexibility index (Phi) is 2.34. The van der Waals surface area contributed by atoms with Crippen LogP contribution in [0.25, 0.3) is 0 Å². The van der Waals surface area contributed by atoms with Crippen LogP contribution >= 0.6 is 0 Å². The minimum absolute atomic E-state index is 0.621. The normalized spacial score (nSPS) is 17.5. The molecule has 1 aromatic heterocycles. The number of nitrogens with two attached hydrogens (primary N) is 1. The summed E-state index contributed by atoms with van der Waals surface area (Å²) in [7, 11) is 0. The van der Waals surface area contributed by atoms with Crippen molar-refractivity contribution < 1.29 is 0 Å². The van der Waals surface area contributed by atoms with E-state index in [4.69, 9.17) is 5.73 Å². The number of pyridine rings is 1. The maximum atomic E-state index is 5.54. The van der Waals surface area contributed by atoms with Crippen LogP contribution in [0.2, 0.25) is 0 Å². The van der Waals surface area contributed by atoms with Crippen molar-refractivity contribution in [2.45, 2.75) is 31.7 Å². The number of rotatable bonds is 2. The molecule has 13 heavy (non-hydrogen) atoms. The van der Waals surface area contributed by atoms with Gasteiger partial charge < -0.3 is 11.1 Å². The molecule has 1 heterocycles. The molecule has 70 valence electrons. The Hall–Kier alpha value is -1.25. The van der Waals surface area contributed by atoms with E-state index in [2.05, 4.69) is 10.3 Å². The summed E-state index contributed by atoms with van der Waals surface area (Å²) in [6.45, 7) is 0. The van der Waals surface area contributed by atoms with Crippen molar-refractivity contribution >= 4 is 11.5 Å². The Morgan fingerprint density at radius 1 is 1.31 bits per heavy atom. The Morgan fingerprint density at radius 2 is 2.08 bits per heavy atom. The fourth-order valence-corrected chi connectivity index (χ4v) is 1.77. The quantitative estimate of drug-likeness (QED) is 0.726. The van der Waals surface area contributed by atoms with E-state index in [9.17, 15) is 0 Å². The van der Waals surface area contributed by atoms with E-state index in [0.29, 0.717) is 6.04 Å². The highest BCUT2D eigenvalue weighted by Gasteiger charge is 2.14. The second-order valence-electron chi connectivity index (χ2n) is 3.60. The third-order valence-corrected chi connectivity index (χ3v) is 2.49. The smallest absolute Gasteiger partial charge is 0.126 e. The molecule has 0 atom stereocenters. The van der Waals surface area contributed by atoms with Crippen molar-refractivity contribution in [2.24, 2.45) is 0 Å². The number of hydrogen-bond acceptors (Lipinski definition) is 3. The van der Waals surface area contributed by atoms with Crippen LogP contribution in [0.3, 0.4) is 0 Å². The van der Waals surface area contributed by atoms with E-state index >= 15 is 0 Å². The molecule has 2 rings (SSSR count). The predicted molar refractivity (Wildman–Crippen MR) is 54.5 cm³/mol. The number of nitrogen functional groups attached to an aromatic ring is 1. The Morgan fingerprint density at radius 3 is 2.69 bits per heavy atom. The van der Waals surface area contributed by atoms with Gasteiger partial charge >= 0.3 is 0 Å². The zero-order valence-electron chi connectivity index (χ0n) is 7.66. The summed E-state index contributed by atoms with van der Waals surface area (Å²) in [5.41, 5.74) is 6.26. The summed E-state index contributed by atoms with van der Waals surface area (Å²) in [5, 5.41) is 3.40. The topological polar surface area (TPSA) is 50.9 Å². The Balaban J connectivity index is 1.97. The zero-order chi connectivity index (χ0) is 9.10. The molecule has 0 unspecified atom stereocenters. The summed E-state index contributed by atoms with van der Waals surface area (Å²) in [4.78, 5) is 4.21. The maximum Gasteiger partial charge on any atom is 0.126 e. The Labute approximate surface area is 78.4 Å². The van der Waals surface area contributed by atoms with Gasteiger partial charge in [-0.15, -0.1) is 0 Å². The predicted octanol–water partition coefficient (Wildman–Crippen LogP) is 2.02. The molecular weight excluding hydrogens is 162 g/mol. The number of anilines is 2. The molecule has 3 N–H and O–H groups in total. The molecule has 0 amide bonds. The monoisotopic (exact) mass is 177 g/mol. The van der Waals surface area contributed by atoms with Crippen LogP contribution in [0.5, 0.6) is 0 Å². The zero-order valence-corrected chi connectivity index (χ0v) is 7.66. The van der Waals surface area contributed by atoms with Crippen LogP contribution < -0.4 is 11.1 Å². The molecule has 1 aliphatic carbocycles.